The fraction of sp³-hybridized carbons (Fsp3) is 0.727. The van der Waals surface area contributed by atoms with E-state index in [0.717, 1.165) is 12.8 Å². The van der Waals surface area contributed by atoms with Gasteiger partial charge in [0.2, 0.25) is 0 Å². The average molecular weight is 213 g/mol. The maximum atomic E-state index is 10.9. The van der Waals surface area contributed by atoms with E-state index in [1.165, 1.54) is 6.08 Å². The van der Waals surface area contributed by atoms with Gasteiger partial charge in [-0.1, -0.05) is 6.08 Å². The lowest BCUT2D eigenvalue weighted by Crippen LogP contribution is -2.40. The largest absolute Gasteiger partial charge is 0.480 e. The van der Waals surface area contributed by atoms with Gasteiger partial charge in [-0.3, -0.25) is 9.69 Å². The topological polar surface area (TPSA) is 60.8 Å². The molecule has 1 heterocycles. The summed E-state index contributed by atoms with van der Waals surface area (Å²) >= 11 is 0. The van der Waals surface area contributed by atoms with Crippen LogP contribution in [0.1, 0.15) is 26.2 Å². The van der Waals surface area contributed by atoms with Crippen molar-refractivity contribution in [2.75, 3.05) is 13.1 Å². The Hall–Kier alpha value is -0.870. The molecular formula is C11H19NO3. The number of hydrogen-bond acceptors (Lipinski definition) is 3. The van der Waals surface area contributed by atoms with E-state index in [1.54, 1.807) is 6.92 Å². The lowest BCUT2D eigenvalue weighted by Gasteiger charge is -2.25. The van der Waals surface area contributed by atoms with Crippen molar-refractivity contribution in [3.63, 3.8) is 0 Å². The molecule has 2 N–H and O–H groups in total. The molecule has 0 aromatic rings. The summed E-state index contributed by atoms with van der Waals surface area (Å²) in [4.78, 5) is 12.8. The molecule has 0 amide bonds. The SMILES string of the molecule is C=CC(C(=O)O)N1CCCC(C)(O)CC1. The minimum atomic E-state index is -0.869. The highest BCUT2D eigenvalue weighted by atomic mass is 16.4. The zero-order valence-electron chi connectivity index (χ0n) is 9.15. The number of aliphatic hydroxyl groups is 1. The molecule has 1 rings (SSSR count). The van der Waals surface area contributed by atoms with Crippen LogP contribution >= 0.6 is 0 Å². The standard InChI is InChI=1S/C11H19NO3/c1-3-9(10(13)14)12-7-4-5-11(2,15)6-8-12/h3,9,15H,1,4-8H2,2H3,(H,13,14). The van der Waals surface area contributed by atoms with Gasteiger partial charge in [0.05, 0.1) is 5.60 Å². The van der Waals surface area contributed by atoms with Crippen LogP contribution in [0.4, 0.5) is 0 Å². The average Bonchev–Trinajstić information content (AvgIpc) is 2.28. The van der Waals surface area contributed by atoms with Crippen molar-refractivity contribution in [3.05, 3.63) is 12.7 Å². The van der Waals surface area contributed by atoms with Gasteiger partial charge in [-0.05, 0) is 32.7 Å². The van der Waals surface area contributed by atoms with Gasteiger partial charge in [0.25, 0.3) is 0 Å². The van der Waals surface area contributed by atoms with Crippen molar-refractivity contribution >= 4 is 5.97 Å². The molecule has 15 heavy (non-hydrogen) atoms. The summed E-state index contributed by atoms with van der Waals surface area (Å²) in [6.45, 7) is 6.66. The molecule has 4 nitrogen and oxygen atoms in total. The number of carboxylic acids is 1. The maximum Gasteiger partial charge on any atom is 0.324 e. The fourth-order valence-electron chi connectivity index (χ4n) is 1.97. The molecule has 0 saturated carbocycles. The molecular weight excluding hydrogens is 194 g/mol. The molecule has 4 heteroatoms. The van der Waals surface area contributed by atoms with Gasteiger partial charge in [-0.2, -0.15) is 0 Å². The summed E-state index contributed by atoms with van der Waals surface area (Å²) in [5.41, 5.74) is -0.654. The monoisotopic (exact) mass is 213 g/mol. The van der Waals surface area contributed by atoms with E-state index in [2.05, 4.69) is 6.58 Å². The summed E-state index contributed by atoms with van der Waals surface area (Å²) in [6, 6.07) is -0.626. The Bertz CT molecular complexity index is 250. The Morgan fingerprint density at radius 1 is 1.53 bits per heavy atom. The highest BCUT2D eigenvalue weighted by molar-refractivity contribution is 5.75. The summed E-state index contributed by atoms with van der Waals surface area (Å²) in [5, 5.41) is 18.8. The molecule has 0 spiro atoms. The van der Waals surface area contributed by atoms with Gasteiger partial charge in [0.1, 0.15) is 6.04 Å². The van der Waals surface area contributed by atoms with Gasteiger partial charge in [0.15, 0.2) is 0 Å². The van der Waals surface area contributed by atoms with Crippen LogP contribution in [0.5, 0.6) is 0 Å². The van der Waals surface area contributed by atoms with Crippen LogP contribution < -0.4 is 0 Å². The number of aliphatic carboxylic acids is 1. The number of carboxylic acid groups (broad SMARTS) is 1. The Morgan fingerprint density at radius 2 is 2.20 bits per heavy atom. The third-order valence-electron chi connectivity index (χ3n) is 2.97. The Balaban J connectivity index is 2.64. The molecule has 2 unspecified atom stereocenters. The predicted octanol–water partition coefficient (Wildman–Crippen LogP) is 0.863. The number of hydrogen-bond donors (Lipinski definition) is 2. The van der Waals surface area contributed by atoms with Crippen molar-refractivity contribution in [2.24, 2.45) is 0 Å². The van der Waals surface area contributed by atoms with E-state index in [1.807, 2.05) is 4.90 Å². The summed E-state index contributed by atoms with van der Waals surface area (Å²) < 4.78 is 0. The first-order chi connectivity index (χ1) is 6.96. The molecule has 1 saturated heterocycles. The van der Waals surface area contributed by atoms with Gasteiger partial charge in [-0.15, -0.1) is 6.58 Å². The molecule has 0 aliphatic carbocycles. The fourth-order valence-corrected chi connectivity index (χ4v) is 1.97. The minimum absolute atomic E-state index is 0.607. The molecule has 1 fully saturated rings. The quantitative estimate of drug-likeness (QED) is 0.683. The van der Waals surface area contributed by atoms with Crippen LogP contribution in [-0.4, -0.2) is 45.8 Å². The molecule has 0 aromatic heterocycles. The Kier molecular flexibility index (Phi) is 3.88. The number of nitrogens with zero attached hydrogens (tertiary/aromatic N) is 1. The first kappa shape index (κ1) is 12.2. The van der Waals surface area contributed by atoms with Crippen molar-refractivity contribution < 1.29 is 15.0 Å². The van der Waals surface area contributed by atoms with Crippen LogP contribution in [0.15, 0.2) is 12.7 Å². The van der Waals surface area contributed by atoms with Crippen LogP contribution in [0.3, 0.4) is 0 Å². The van der Waals surface area contributed by atoms with Crippen molar-refractivity contribution in [1.29, 1.82) is 0 Å². The first-order valence-corrected chi connectivity index (χ1v) is 5.28. The third-order valence-corrected chi connectivity index (χ3v) is 2.97. The van der Waals surface area contributed by atoms with Crippen LogP contribution in [0.2, 0.25) is 0 Å². The van der Waals surface area contributed by atoms with E-state index in [4.69, 9.17) is 5.11 Å². The van der Waals surface area contributed by atoms with E-state index in [0.29, 0.717) is 19.5 Å². The number of carbonyl (C=O) groups is 1. The normalized spacial score (nSPS) is 30.5. The van der Waals surface area contributed by atoms with Crippen LogP contribution in [0, 0.1) is 0 Å². The summed E-state index contributed by atoms with van der Waals surface area (Å²) in [7, 11) is 0. The molecule has 0 radical (unpaired) electrons. The van der Waals surface area contributed by atoms with Gasteiger partial charge < -0.3 is 10.2 Å². The maximum absolute atomic E-state index is 10.9. The zero-order chi connectivity index (χ0) is 11.5. The second-order valence-corrected chi connectivity index (χ2v) is 4.41. The van der Waals surface area contributed by atoms with E-state index < -0.39 is 17.6 Å². The Morgan fingerprint density at radius 3 is 2.73 bits per heavy atom. The van der Waals surface area contributed by atoms with Gasteiger partial charge >= 0.3 is 5.97 Å². The predicted molar refractivity (Wildman–Crippen MR) is 57.7 cm³/mol. The molecule has 2 atom stereocenters. The van der Waals surface area contributed by atoms with Crippen molar-refractivity contribution in [3.8, 4) is 0 Å². The summed E-state index contributed by atoms with van der Waals surface area (Å²) in [5.74, 6) is -0.869. The highest BCUT2D eigenvalue weighted by Gasteiger charge is 2.29. The summed E-state index contributed by atoms with van der Waals surface area (Å²) in [6.07, 6.45) is 3.62. The first-order valence-electron chi connectivity index (χ1n) is 5.28. The van der Waals surface area contributed by atoms with Crippen LogP contribution in [-0.2, 0) is 4.79 Å². The molecule has 86 valence electrons. The number of likely N-dealkylation sites (tertiary alicyclic amines) is 1. The lowest BCUT2D eigenvalue weighted by molar-refractivity contribution is -0.141. The highest BCUT2D eigenvalue weighted by Crippen LogP contribution is 2.22. The number of rotatable bonds is 3. The van der Waals surface area contributed by atoms with E-state index in [-0.39, 0.29) is 0 Å². The zero-order valence-corrected chi connectivity index (χ0v) is 9.15. The minimum Gasteiger partial charge on any atom is -0.480 e. The molecule has 1 aliphatic rings. The Labute approximate surface area is 90.2 Å². The van der Waals surface area contributed by atoms with Crippen LogP contribution in [0.25, 0.3) is 0 Å². The second-order valence-electron chi connectivity index (χ2n) is 4.41. The lowest BCUT2D eigenvalue weighted by atomic mass is 9.98. The van der Waals surface area contributed by atoms with Gasteiger partial charge in [-0.25, -0.2) is 0 Å². The van der Waals surface area contributed by atoms with Crippen molar-refractivity contribution in [1.82, 2.24) is 4.90 Å². The third kappa shape index (κ3) is 3.32. The molecule has 0 aromatic carbocycles. The van der Waals surface area contributed by atoms with Crippen molar-refractivity contribution in [2.45, 2.75) is 37.8 Å². The van der Waals surface area contributed by atoms with E-state index >= 15 is 0 Å². The van der Waals surface area contributed by atoms with Gasteiger partial charge in [0, 0.05) is 6.54 Å². The second kappa shape index (κ2) is 4.77. The van der Waals surface area contributed by atoms with E-state index in [9.17, 15) is 9.90 Å². The molecule has 1 aliphatic heterocycles. The smallest absolute Gasteiger partial charge is 0.324 e. The molecule has 0 bridgehead atoms.